The van der Waals surface area contributed by atoms with Gasteiger partial charge in [0.1, 0.15) is 0 Å². The molecule has 0 amide bonds. The fourth-order valence-electron chi connectivity index (χ4n) is 4.42. The summed E-state index contributed by atoms with van der Waals surface area (Å²) >= 11 is 0. The number of hydrogen-bond acceptors (Lipinski definition) is 2. The molecule has 2 aliphatic rings. The summed E-state index contributed by atoms with van der Waals surface area (Å²) in [6.45, 7) is 4.56. The number of aryl methyl sites for hydroxylation is 2. The highest BCUT2D eigenvalue weighted by Gasteiger charge is 2.37. The molecule has 0 radical (unpaired) electrons. The molecule has 4 nitrogen and oxygen atoms in total. The van der Waals surface area contributed by atoms with Crippen LogP contribution in [-0.2, 0) is 19.9 Å². The third-order valence-corrected chi connectivity index (χ3v) is 5.87. The van der Waals surface area contributed by atoms with Gasteiger partial charge in [0.15, 0.2) is 0 Å². The molecule has 5 rings (SSSR count). The average Bonchev–Trinajstić information content (AvgIpc) is 3.22. The van der Waals surface area contributed by atoms with E-state index in [4.69, 9.17) is 0 Å². The van der Waals surface area contributed by atoms with Gasteiger partial charge in [-0.25, -0.2) is 0 Å². The number of benzene rings is 1. The smallest absolute Gasteiger partial charge is 0.0522 e. The van der Waals surface area contributed by atoms with E-state index in [0.29, 0.717) is 12.1 Å². The number of hydrogen-bond donors (Lipinski definition) is 1. The zero-order valence-corrected chi connectivity index (χ0v) is 14.7. The van der Waals surface area contributed by atoms with E-state index in [0.717, 1.165) is 12.8 Å². The Balaban J connectivity index is 1.51. The van der Waals surface area contributed by atoms with Crippen molar-refractivity contribution < 1.29 is 0 Å². The molecule has 3 aromatic rings. The number of fused-ring (bicyclic) bond motifs is 2. The highest BCUT2D eigenvalue weighted by atomic mass is 15.2. The lowest BCUT2D eigenvalue weighted by molar-refractivity contribution is 0.259. The minimum Gasteiger partial charge on any atom is -0.365 e. The van der Waals surface area contributed by atoms with Crippen molar-refractivity contribution >= 4 is 16.6 Å². The lowest BCUT2D eigenvalue weighted by Crippen LogP contribution is -2.39. The van der Waals surface area contributed by atoms with Crippen LogP contribution in [-0.4, -0.2) is 31.7 Å². The molecule has 0 spiro atoms. The number of H-pyrrole nitrogens is 1. The SMILES string of the molecule is C=C(c1cccc2c1ccn2C)N(C1CC1)C1CCc2[nH]ncc2C1. The summed E-state index contributed by atoms with van der Waals surface area (Å²) in [5, 5.41) is 8.70. The third-order valence-electron chi connectivity index (χ3n) is 5.87. The highest BCUT2D eigenvalue weighted by Crippen LogP contribution is 2.40. The lowest BCUT2D eigenvalue weighted by Gasteiger charge is -2.37. The van der Waals surface area contributed by atoms with E-state index >= 15 is 0 Å². The van der Waals surface area contributed by atoms with E-state index in [9.17, 15) is 0 Å². The number of aromatic nitrogens is 3. The molecular weight excluding hydrogens is 308 g/mol. The maximum Gasteiger partial charge on any atom is 0.0522 e. The minimum atomic E-state index is 0.532. The molecule has 0 aliphatic heterocycles. The first-order valence-electron chi connectivity index (χ1n) is 9.25. The summed E-state index contributed by atoms with van der Waals surface area (Å²) in [6, 6.07) is 9.98. The monoisotopic (exact) mass is 332 g/mol. The van der Waals surface area contributed by atoms with Crippen molar-refractivity contribution in [3.05, 3.63) is 60.1 Å². The molecule has 2 heterocycles. The number of aromatic amines is 1. The zero-order chi connectivity index (χ0) is 17.0. The Labute approximate surface area is 148 Å². The molecule has 4 heteroatoms. The van der Waals surface area contributed by atoms with Crippen LogP contribution in [0.4, 0.5) is 0 Å². The van der Waals surface area contributed by atoms with Crippen LogP contribution in [0.15, 0.2) is 43.2 Å². The molecule has 2 aromatic heterocycles. The van der Waals surface area contributed by atoms with Crippen molar-refractivity contribution in [3.63, 3.8) is 0 Å². The number of rotatable bonds is 4. The van der Waals surface area contributed by atoms with Gasteiger partial charge in [-0.2, -0.15) is 5.10 Å². The van der Waals surface area contributed by atoms with Crippen molar-refractivity contribution in [2.75, 3.05) is 0 Å². The normalized spacial score (nSPS) is 19.8. The molecule has 1 fully saturated rings. The fourth-order valence-corrected chi connectivity index (χ4v) is 4.42. The molecule has 1 N–H and O–H groups in total. The predicted octanol–water partition coefficient (Wildman–Crippen LogP) is 3.89. The Kier molecular flexibility index (Phi) is 3.27. The van der Waals surface area contributed by atoms with Crippen LogP contribution in [0.5, 0.6) is 0 Å². The van der Waals surface area contributed by atoms with Gasteiger partial charge in [0.25, 0.3) is 0 Å². The van der Waals surface area contributed by atoms with E-state index in [1.165, 1.54) is 52.7 Å². The van der Waals surface area contributed by atoms with Gasteiger partial charge < -0.3 is 9.47 Å². The van der Waals surface area contributed by atoms with Crippen LogP contribution < -0.4 is 0 Å². The molecule has 0 saturated heterocycles. The Bertz CT molecular complexity index is 944. The topological polar surface area (TPSA) is 36.9 Å². The van der Waals surface area contributed by atoms with Crippen LogP contribution >= 0.6 is 0 Å². The van der Waals surface area contributed by atoms with Crippen molar-refractivity contribution in [3.8, 4) is 0 Å². The van der Waals surface area contributed by atoms with Crippen LogP contribution in [0.1, 0.15) is 36.1 Å². The van der Waals surface area contributed by atoms with E-state index in [-0.39, 0.29) is 0 Å². The second-order valence-electron chi connectivity index (χ2n) is 7.52. The Morgan fingerprint density at radius 3 is 2.96 bits per heavy atom. The van der Waals surface area contributed by atoms with Crippen molar-refractivity contribution in [1.82, 2.24) is 19.7 Å². The minimum absolute atomic E-state index is 0.532. The lowest BCUT2D eigenvalue weighted by atomic mass is 9.91. The standard InChI is InChI=1S/C21H24N4/c1-14(18-4-3-5-21-19(18)10-11-24(21)2)25(16-6-7-16)17-8-9-20-15(12-17)13-22-23-20/h3-5,10-11,13,16-17H,1,6-9,12H2,2H3,(H,22,23). The molecule has 1 atom stereocenters. The first-order valence-corrected chi connectivity index (χ1v) is 9.25. The van der Waals surface area contributed by atoms with Crippen LogP contribution in [0.3, 0.4) is 0 Å². The van der Waals surface area contributed by atoms with E-state index in [2.05, 4.69) is 63.8 Å². The van der Waals surface area contributed by atoms with Gasteiger partial charge in [-0.3, -0.25) is 5.10 Å². The molecule has 2 aliphatic carbocycles. The van der Waals surface area contributed by atoms with E-state index in [1.807, 2.05) is 6.20 Å². The summed E-state index contributed by atoms with van der Waals surface area (Å²) in [5.41, 5.74) is 6.45. The van der Waals surface area contributed by atoms with Gasteiger partial charge in [-0.15, -0.1) is 0 Å². The Hall–Kier alpha value is -2.49. The summed E-state index contributed by atoms with van der Waals surface area (Å²) in [4.78, 5) is 2.62. The predicted molar refractivity (Wildman–Crippen MR) is 101 cm³/mol. The molecule has 128 valence electrons. The first-order chi connectivity index (χ1) is 12.2. The van der Waals surface area contributed by atoms with Crippen LogP contribution in [0, 0.1) is 0 Å². The van der Waals surface area contributed by atoms with E-state index < -0.39 is 0 Å². The van der Waals surface area contributed by atoms with Crippen molar-refractivity contribution in [1.29, 1.82) is 0 Å². The summed E-state index contributed by atoms with van der Waals surface area (Å²) in [5.74, 6) is 0. The number of nitrogens with zero attached hydrogens (tertiary/aromatic N) is 3. The maximum absolute atomic E-state index is 4.56. The van der Waals surface area contributed by atoms with Gasteiger partial charge in [-0.1, -0.05) is 18.7 Å². The Morgan fingerprint density at radius 2 is 2.12 bits per heavy atom. The summed E-state index contributed by atoms with van der Waals surface area (Å²) in [7, 11) is 2.11. The zero-order valence-electron chi connectivity index (χ0n) is 14.7. The van der Waals surface area contributed by atoms with Crippen molar-refractivity contribution in [2.24, 2.45) is 7.05 Å². The molecule has 1 saturated carbocycles. The van der Waals surface area contributed by atoms with Gasteiger partial charge in [0.2, 0.25) is 0 Å². The third kappa shape index (κ3) is 2.39. The fraction of sp³-hybridized carbons (Fsp3) is 0.381. The largest absolute Gasteiger partial charge is 0.365 e. The second-order valence-corrected chi connectivity index (χ2v) is 7.52. The molecule has 25 heavy (non-hydrogen) atoms. The maximum atomic E-state index is 4.56. The molecule has 1 aromatic carbocycles. The second kappa shape index (κ2) is 5.51. The van der Waals surface area contributed by atoms with Crippen molar-refractivity contribution in [2.45, 2.75) is 44.2 Å². The summed E-state index contributed by atoms with van der Waals surface area (Å²) in [6.07, 6.45) is 10.1. The first kappa shape index (κ1) is 14.8. The van der Waals surface area contributed by atoms with Gasteiger partial charge in [0, 0.05) is 53.2 Å². The molecule has 0 bridgehead atoms. The van der Waals surface area contributed by atoms with Gasteiger partial charge in [-0.05, 0) is 49.8 Å². The van der Waals surface area contributed by atoms with E-state index in [1.54, 1.807) is 0 Å². The van der Waals surface area contributed by atoms with Crippen LogP contribution in [0.2, 0.25) is 0 Å². The average molecular weight is 332 g/mol. The summed E-state index contributed by atoms with van der Waals surface area (Å²) < 4.78 is 2.19. The highest BCUT2D eigenvalue weighted by molar-refractivity contribution is 5.92. The molecule has 1 unspecified atom stereocenters. The van der Waals surface area contributed by atoms with Crippen LogP contribution in [0.25, 0.3) is 16.6 Å². The molecular formula is C21H24N4. The van der Waals surface area contributed by atoms with Gasteiger partial charge in [0.05, 0.1) is 6.20 Å². The quantitative estimate of drug-likeness (QED) is 0.787. The Morgan fingerprint density at radius 1 is 1.24 bits per heavy atom. The van der Waals surface area contributed by atoms with Gasteiger partial charge >= 0.3 is 0 Å². The number of nitrogens with one attached hydrogen (secondary N) is 1.